The van der Waals surface area contributed by atoms with Crippen molar-refractivity contribution in [2.75, 3.05) is 33.4 Å². The maximum atomic E-state index is 12.1. The van der Waals surface area contributed by atoms with Crippen LogP contribution in [-0.2, 0) is 11.2 Å². The molecule has 0 bridgehead atoms. The second kappa shape index (κ2) is 8.67. The van der Waals surface area contributed by atoms with Crippen molar-refractivity contribution in [3.63, 3.8) is 0 Å². The summed E-state index contributed by atoms with van der Waals surface area (Å²) in [6.07, 6.45) is 3.31. The molecule has 0 aliphatic carbocycles. The topological polar surface area (TPSA) is 38.8 Å². The van der Waals surface area contributed by atoms with Crippen molar-refractivity contribution in [2.45, 2.75) is 19.3 Å². The van der Waals surface area contributed by atoms with E-state index in [-0.39, 0.29) is 5.97 Å². The van der Waals surface area contributed by atoms with Crippen molar-refractivity contribution < 1.29 is 14.3 Å². The van der Waals surface area contributed by atoms with Crippen LogP contribution in [0.25, 0.3) is 0 Å². The van der Waals surface area contributed by atoms with Crippen molar-refractivity contribution >= 4 is 5.97 Å². The van der Waals surface area contributed by atoms with Crippen LogP contribution in [0.5, 0.6) is 5.75 Å². The summed E-state index contributed by atoms with van der Waals surface area (Å²) in [6, 6.07) is 16.0. The van der Waals surface area contributed by atoms with E-state index in [1.165, 1.54) is 25.5 Å². The van der Waals surface area contributed by atoms with Gasteiger partial charge in [0.1, 0.15) is 17.9 Å². The van der Waals surface area contributed by atoms with Gasteiger partial charge in [-0.15, -0.1) is 0 Å². The Morgan fingerprint density at radius 3 is 2.52 bits per heavy atom. The summed E-state index contributed by atoms with van der Waals surface area (Å²) < 4.78 is 10.8. The maximum Gasteiger partial charge on any atom is 0.341 e. The third-order valence-electron chi connectivity index (χ3n) is 4.56. The first-order valence-electron chi connectivity index (χ1n) is 8.86. The van der Waals surface area contributed by atoms with Crippen LogP contribution in [0.2, 0.25) is 0 Å². The number of benzene rings is 2. The number of hydrogen-bond acceptors (Lipinski definition) is 4. The Hall–Kier alpha value is -2.33. The number of carbonyl (C=O) groups excluding carboxylic acids is 1. The van der Waals surface area contributed by atoms with Gasteiger partial charge in [0.05, 0.1) is 7.11 Å². The monoisotopic (exact) mass is 339 g/mol. The zero-order valence-corrected chi connectivity index (χ0v) is 14.7. The number of likely N-dealkylation sites (tertiary alicyclic amines) is 1. The lowest BCUT2D eigenvalue weighted by Gasteiger charge is -2.16. The molecule has 0 N–H and O–H groups in total. The van der Waals surface area contributed by atoms with E-state index in [0.29, 0.717) is 17.9 Å². The van der Waals surface area contributed by atoms with Crippen LogP contribution >= 0.6 is 0 Å². The van der Waals surface area contributed by atoms with E-state index in [1.54, 1.807) is 0 Å². The van der Waals surface area contributed by atoms with E-state index in [4.69, 9.17) is 9.47 Å². The van der Waals surface area contributed by atoms with Gasteiger partial charge in [-0.05, 0) is 55.6 Å². The van der Waals surface area contributed by atoms with Crippen LogP contribution in [0.1, 0.15) is 34.3 Å². The summed E-state index contributed by atoms with van der Waals surface area (Å²) in [5.41, 5.74) is 2.77. The van der Waals surface area contributed by atoms with Crippen LogP contribution in [0.15, 0.2) is 48.5 Å². The minimum atomic E-state index is -0.355. The van der Waals surface area contributed by atoms with Gasteiger partial charge in [0.2, 0.25) is 0 Å². The molecule has 0 unspecified atom stereocenters. The largest absolute Gasteiger partial charge is 0.491 e. The third kappa shape index (κ3) is 4.83. The van der Waals surface area contributed by atoms with Gasteiger partial charge in [-0.25, -0.2) is 4.79 Å². The van der Waals surface area contributed by atoms with E-state index in [2.05, 4.69) is 17.0 Å². The second-order valence-corrected chi connectivity index (χ2v) is 6.38. The second-order valence-electron chi connectivity index (χ2n) is 6.38. The molecule has 1 fully saturated rings. The number of nitrogens with zero attached hydrogens (tertiary/aromatic N) is 1. The molecule has 0 saturated carbocycles. The molecule has 1 aliphatic rings. The van der Waals surface area contributed by atoms with Crippen LogP contribution in [0.4, 0.5) is 0 Å². The fourth-order valence-electron chi connectivity index (χ4n) is 3.20. The fraction of sp³-hybridized carbons (Fsp3) is 0.381. The molecule has 1 saturated heterocycles. The first-order chi connectivity index (χ1) is 12.3. The Morgan fingerprint density at radius 2 is 1.80 bits per heavy atom. The van der Waals surface area contributed by atoms with Gasteiger partial charge < -0.3 is 9.47 Å². The summed E-state index contributed by atoms with van der Waals surface area (Å²) in [6.45, 7) is 3.76. The van der Waals surface area contributed by atoms with E-state index in [9.17, 15) is 4.79 Å². The van der Waals surface area contributed by atoms with E-state index >= 15 is 0 Å². The number of rotatable bonds is 7. The summed E-state index contributed by atoms with van der Waals surface area (Å²) >= 11 is 0. The van der Waals surface area contributed by atoms with E-state index < -0.39 is 0 Å². The lowest BCUT2D eigenvalue weighted by Crippen LogP contribution is -2.25. The summed E-state index contributed by atoms with van der Waals surface area (Å²) in [5, 5.41) is 0. The van der Waals surface area contributed by atoms with Gasteiger partial charge in [0.25, 0.3) is 0 Å². The van der Waals surface area contributed by atoms with E-state index in [0.717, 1.165) is 31.6 Å². The van der Waals surface area contributed by atoms with Gasteiger partial charge in [0, 0.05) is 6.54 Å². The molecule has 0 radical (unpaired) electrons. The molecular formula is C21H25NO3. The van der Waals surface area contributed by atoms with Crippen molar-refractivity contribution in [3.8, 4) is 5.75 Å². The van der Waals surface area contributed by atoms with E-state index in [1.807, 2.05) is 36.4 Å². The molecule has 2 aromatic rings. The summed E-state index contributed by atoms with van der Waals surface area (Å²) in [5.74, 6) is 0.244. The smallest absolute Gasteiger partial charge is 0.341 e. The first kappa shape index (κ1) is 17.5. The average Bonchev–Trinajstić information content (AvgIpc) is 3.16. The van der Waals surface area contributed by atoms with Crippen LogP contribution in [0, 0.1) is 0 Å². The minimum Gasteiger partial charge on any atom is -0.491 e. The molecule has 4 heteroatoms. The first-order valence-corrected chi connectivity index (χ1v) is 8.86. The molecule has 1 aliphatic heterocycles. The van der Waals surface area contributed by atoms with Crippen LogP contribution in [0.3, 0.4) is 0 Å². The van der Waals surface area contributed by atoms with Gasteiger partial charge in [0.15, 0.2) is 0 Å². The standard InChI is InChI=1S/C21H25NO3/c1-24-21(23)19-16-18(15-17-7-3-2-4-8-17)9-10-20(19)25-14-13-22-11-5-6-12-22/h2-4,7-10,16H,5-6,11-15H2,1H3. The molecule has 0 aromatic heterocycles. The number of esters is 1. The molecule has 25 heavy (non-hydrogen) atoms. The molecule has 0 spiro atoms. The number of methoxy groups -OCH3 is 1. The Bertz CT molecular complexity index is 694. The zero-order valence-electron chi connectivity index (χ0n) is 14.7. The predicted molar refractivity (Wildman–Crippen MR) is 98.2 cm³/mol. The van der Waals surface area contributed by atoms with Crippen molar-refractivity contribution in [1.82, 2.24) is 4.90 Å². The van der Waals surface area contributed by atoms with Crippen molar-refractivity contribution in [3.05, 3.63) is 65.2 Å². The molecule has 4 nitrogen and oxygen atoms in total. The Balaban J connectivity index is 1.69. The predicted octanol–water partition coefficient (Wildman–Crippen LogP) is 3.54. The highest BCUT2D eigenvalue weighted by Gasteiger charge is 2.16. The third-order valence-corrected chi connectivity index (χ3v) is 4.56. The Morgan fingerprint density at radius 1 is 1.04 bits per heavy atom. The zero-order chi connectivity index (χ0) is 17.5. The molecule has 132 valence electrons. The average molecular weight is 339 g/mol. The minimum absolute atomic E-state index is 0.355. The summed E-state index contributed by atoms with van der Waals surface area (Å²) in [7, 11) is 1.40. The molecule has 0 atom stereocenters. The quantitative estimate of drug-likeness (QED) is 0.723. The number of carbonyl (C=O) groups is 1. The van der Waals surface area contributed by atoms with Gasteiger partial charge >= 0.3 is 5.97 Å². The van der Waals surface area contributed by atoms with Gasteiger partial charge in [-0.1, -0.05) is 36.4 Å². The fourth-order valence-corrected chi connectivity index (χ4v) is 3.20. The normalized spacial score (nSPS) is 14.4. The van der Waals surface area contributed by atoms with Crippen LogP contribution in [-0.4, -0.2) is 44.2 Å². The maximum absolute atomic E-state index is 12.1. The Labute approximate surface area is 149 Å². The number of hydrogen-bond donors (Lipinski definition) is 0. The highest BCUT2D eigenvalue weighted by atomic mass is 16.5. The molecule has 1 heterocycles. The lowest BCUT2D eigenvalue weighted by atomic mass is 10.0. The van der Waals surface area contributed by atoms with Crippen molar-refractivity contribution in [1.29, 1.82) is 0 Å². The highest BCUT2D eigenvalue weighted by molar-refractivity contribution is 5.92. The highest BCUT2D eigenvalue weighted by Crippen LogP contribution is 2.23. The summed E-state index contributed by atoms with van der Waals surface area (Å²) in [4.78, 5) is 14.5. The molecular weight excluding hydrogens is 314 g/mol. The Kier molecular flexibility index (Phi) is 6.07. The van der Waals surface area contributed by atoms with Gasteiger partial charge in [-0.3, -0.25) is 4.90 Å². The van der Waals surface area contributed by atoms with Crippen molar-refractivity contribution in [2.24, 2.45) is 0 Å². The van der Waals surface area contributed by atoms with Crippen LogP contribution < -0.4 is 4.74 Å². The number of ether oxygens (including phenoxy) is 2. The molecule has 3 rings (SSSR count). The molecule has 0 amide bonds. The van der Waals surface area contributed by atoms with Gasteiger partial charge in [-0.2, -0.15) is 0 Å². The molecule has 2 aromatic carbocycles. The SMILES string of the molecule is COC(=O)c1cc(Cc2ccccc2)ccc1OCCN1CCCC1. The lowest BCUT2D eigenvalue weighted by molar-refractivity contribution is 0.0595.